The van der Waals surface area contributed by atoms with Crippen molar-refractivity contribution in [2.24, 2.45) is 0 Å². The molecule has 2 aliphatic rings. The monoisotopic (exact) mass is 714 g/mol. The fourth-order valence-electron chi connectivity index (χ4n) is 6.31. The number of benzene rings is 2. The molecule has 5 heterocycles. The molecule has 0 unspecified atom stereocenters. The van der Waals surface area contributed by atoms with E-state index in [1.165, 1.54) is 4.40 Å². The zero-order valence-electron chi connectivity index (χ0n) is 27.3. The fourth-order valence-corrected chi connectivity index (χ4v) is 6.98. The molecule has 11 nitrogen and oxygen atoms in total. The predicted molar refractivity (Wildman–Crippen MR) is 192 cm³/mol. The summed E-state index contributed by atoms with van der Waals surface area (Å²) in [6.45, 7) is 2.37. The van der Waals surface area contributed by atoms with Crippen LogP contribution in [-0.2, 0) is 22.6 Å². The molecule has 258 valence electrons. The van der Waals surface area contributed by atoms with Gasteiger partial charge in [-0.05, 0) is 30.2 Å². The lowest BCUT2D eigenvalue weighted by molar-refractivity contribution is -0.174. The molecule has 0 spiro atoms. The topological polar surface area (TPSA) is 139 Å². The Labute approximate surface area is 298 Å². The van der Waals surface area contributed by atoms with Crippen LogP contribution >= 0.6 is 23.2 Å². The Bertz CT molecular complexity index is 2140. The van der Waals surface area contributed by atoms with Crippen LogP contribution < -0.4 is 26.2 Å². The van der Waals surface area contributed by atoms with Gasteiger partial charge < -0.3 is 30.5 Å². The molecule has 13 heteroatoms. The lowest BCUT2D eigenvalue weighted by Crippen LogP contribution is -2.56. The molecule has 2 fully saturated rings. The lowest BCUT2D eigenvalue weighted by Gasteiger charge is -2.36. The van der Waals surface area contributed by atoms with Crippen molar-refractivity contribution in [3.05, 3.63) is 105 Å². The number of rotatable bonds is 12. The van der Waals surface area contributed by atoms with Crippen LogP contribution in [0.15, 0.2) is 77.9 Å². The maximum absolute atomic E-state index is 13.2. The lowest BCUT2D eigenvalue weighted by atomic mass is 9.97. The van der Waals surface area contributed by atoms with E-state index in [0.29, 0.717) is 58.9 Å². The number of carbonyl (C=O) groups is 1. The minimum Gasteiger partial charge on any atom is -0.481 e. The predicted octanol–water partition coefficient (Wildman–Crippen LogP) is 4.63. The summed E-state index contributed by atoms with van der Waals surface area (Å²) in [6, 6.07) is 19.2. The van der Waals surface area contributed by atoms with E-state index in [4.69, 9.17) is 37.7 Å². The van der Waals surface area contributed by atoms with Gasteiger partial charge in [-0.25, -0.2) is 9.97 Å². The van der Waals surface area contributed by atoms with Crippen molar-refractivity contribution in [1.82, 2.24) is 30.3 Å². The largest absolute Gasteiger partial charge is 0.481 e. The summed E-state index contributed by atoms with van der Waals surface area (Å²) in [5.41, 5.74) is 5.20. The van der Waals surface area contributed by atoms with Gasteiger partial charge in [-0.15, -0.1) is 0 Å². The summed E-state index contributed by atoms with van der Waals surface area (Å²) in [5, 5.41) is 20.7. The van der Waals surface area contributed by atoms with Gasteiger partial charge in [0.2, 0.25) is 11.8 Å². The molecular weight excluding hydrogens is 679 g/mol. The second-order valence-electron chi connectivity index (χ2n) is 12.7. The smallest absolute Gasteiger partial charge is 0.262 e. The zero-order valence-corrected chi connectivity index (χ0v) is 28.9. The third-order valence-electron chi connectivity index (χ3n) is 9.09. The molecule has 0 bridgehead atoms. The highest BCUT2D eigenvalue weighted by atomic mass is 35.5. The summed E-state index contributed by atoms with van der Waals surface area (Å²) < 4.78 is 12.2. The van der Waals surface area contributed by atoms with Gasteiger partial charge in [0.05, 0.1) is 36.1 Å². The quantitative estimate of drug-likeness (QED) is 0.146. The Morgan fingerprint density at radius 1 is 0.980 bits per heavy atom. The number of halogens is 2. The minimum atomic E-state index is -0.889. The van der Waals surface area contributed by atoms with Gasteiger partial charge in [-0.3, -0.25) is 14.0 Å². The molecule has 0 aliphatic carbocycles. The highest BCUT2D eigenvalue weighted by Gasteiger charge is 2.35. The Hall–Kier alpha value is -4.36. The van der Waals surface area contributed by atoms with Gasteiger partial charge in [-0.1, -0.05) is 65.7 Å². The normalized spacial score (nSPS) is 16.7. The van der Waals surface area contributed by atoms with Crippen LogP contribution in [0.2, 0.25) is 10.0 Å². The number of nitrogens with one attached hydrogen (secondary N) is 3. The third kappa shape index (κ3) is 6.98. The number of pyridine rings is 2. The van der Waals surface area contributed by atoms with E-state index in [0.717, 1.165) is 39.8 Å². The van der Waals surface area contributed by atoms with Crippen LogP contribution in [0.5, 0.6) is 5.88 Å². The Kier molecular flexibility index (Phi) is 9.87. The molecular formula is C37H36Cl2N6O5. The molecule has 7 rings (SSSR count). The van der Waals surface area contributed by atoms with Gasteiger partial charge in [-0.2, -0.15) is 0 Å². The molecule has 50 heavy (non-hydrogen) atoms. The molecule has 0 radical (unpaired) electrons. The summed E-state index contributed by atoms with van der Waals surface area (Å²) in [4.78, 5) is 34.0. The van der Waals surface area contributed by atoms with Crippen LogP contribution in [0, 0.1) is 0 Å². The van der Waals surface area contributed by atoms with E-state index >= 15 is 0 Å². The number of carbonyl (C=O) groups excluding carboxylic acids is 1. The molecule has 1 atom stereocenters. The summed E-state index contributed by atoms with van der Waals surface area (Å²) in [6.07, 6.45) is 4.64. The number of amides is 1. The Morgan fingerprint density at radius 3 is 2.40 bits per heavy atom. The minimum absolute atomic E-state index is 0.0912. The SMILES string of the molecule is COc1nc(-c2cccc(-c3cccc(-c4ccn5c(=O)c(CNCC6(O)COC6)cnc5c4)c3Cl)c2Cl)ccc1CNC[C@H]1CCC(=O)N1. The average molecular weight is 716 g/mol. The van der Waals surface area contributed by atoms with E-state index < -0.39 is 5.60 Å². The highest BCUT2D eigenvalue weighted by Crippen LogP contribution is 2.42. The number of fused-ring (bicyclic) bond motifs is 1. The fraction of sp³-hybridized carbons (Fsp3) is 0.297. The summed E-state index contributed by atoms with van der Waals surface area (Å²) in [5.74, 6) is 0.579. The van der Waals surface area contributed by atoms with E-state index in [-0.39, 0.29) is 37.3 Å². The summed E-state index contributed by atoms with van der Waals surface area (Å²) >= 11 is 14.2. The van der Waals surface area contributed by atoms with Gasteiger partial charge >= 0.3 is 0 Å². The van der Waals surface area contributed by atoms with Crippen molar-refractivity contribution in [3.8, 4) is 39.4 Å². The first-order valence-electron chi connectivity index (χ1n) is 16.4. The molecule has 2 aromatic carbocycles. The highest BCUT2D eigenvalue weighted by molar-refractivity contribution is 6.39. The van der Waals surface area contributed by atoms with Crippen molar-refractivity contribution in [2.75, 3.05) is 33.4 Å². The Balaban J connectivity index is 1.12. The zero-order chi connectivity index (χ0) is 34.8. The number of hydrogen-bond donors (Lipinski definition) is 4. The van der Waals surface area contributed by atoms with Gasteiger partial charge in [0.25, 0.3) is 5.56 Å². The first-order valence-corrected chi connectivity index (χ1v) is 17.1. The first kappa shape index (κ1) is 34.1. The van der Waals surface area contributed by atoms with Crippen molar-refractivity contribution in [2.45, 2.75) is 37.6 Å². The van der Waals surface area contributed by atoms with Crippen LogP contribution in [0.1, 0.15) is 24.0 Å². The number of nitrogens with zero attached hydrogens (tertiary/aromatic N) is 3. The maximum Gasteiger partial charge on any atom is 0.262 e. The second kappa shape index (κ2) is 14.5. The number of ether oxygens (including phenoxy) is 2. The van der Waals surface area contributed by atoms with E-state index in [1.807, 2.05) is 60.7 Å². The van der Waals surface area contributed by atoms with Gasteiger partial charge in [0, 0.05) is 84.4 Å². The number of aliphatic hydroxyl groups is 1. The van der Waals surface area contributed by atoms with Crippen LogP contribution in [-0.4, -0.2) is 70.4 Å². The number of aromatic nitrogens is 3. The summed E-state index contributed by atoms with van der Waals surface area (Å²) in [7, 11) is 1.59. The van der Waals surface area contributed by atoms with Crippen molar-refractivity contribution >= 4 is 34.8 Å². The standard InChI is InChI=1S/C37H36Cl2N6O5/c1-49-35-23(15-40-18-25-9-11-32(46)43-25)8-10-30(44-35)29-7-3-6-28(34(29)39)27-5-2-4-26(33(27)38)22-12-13-45-31(14-22)42-17-24(36(45)47)16-41-19-37(48)20-50-21-37/h2-8,10,12-14,17,25,40-41,48H,9,11,15-16,18-21H2,1H3,(H,43,46)/t25-/m1/s1. The van der Waals surface area contributed by atoms with Crippen molar-refractivity contribution in [1.29, 1.82) is 0 Å². The third-order valence-corrected chi connectivity index (χ3v) is 9.90. The van der Waals surface area contributed by atoms with Gasteiger partial charge in [0.1, 0.15) is 11.2 Å². The van der Waals surface area contributed by atoms with Gasteiger partial charge in [0.15, 0.2) is 0 Å². The second-order valence-corrected chi connectivity index (χ2v) is 13.4. The number of hydrogen-bond acceptors (Lipinski definition) is 9. The van der Waals surface area contributed by atoms with E-state index in [1.54, 1.807) is 19.5 Å². The van der Waals surface area contributed by atoms with E-state index in [2.05, 4.69) is 20.9 Å². The molecule has 0 saturated carbocycles. The molecule has 2 saturated heterocycles. The van der Waals surface area contributed by atoms with E-state index in [9.17, 15) is 14.7 Å². The number of methoxy groups -OCH3 is 1. The average Bonchev–Trinajstić information content (AvgIpc) is 3.53. The molecule has 4 N–H and O–H groups in total. The van der Waals surface area contributed by atoms with Crippen LogP contribution in [0.4, 0.5) is 0 Å². The van der Waals surface area contributed by atoms with Crippen LogP contribution in [0.25, 0.3) is 39.2 Å². The molecule has 2 aliphatic heterocycles. The van der Waals surface area contributed by atoms with Crippen molar-refractivity contribution < 1.29 is 19.4 Å². The first-order chi connectivity index (χ1) is 24.2. The Morgan fingerprint density at radius 2 is 1.70 bits per heavy atom. The molecule has 1 amide bonds. The molecule has 3 aromatic heterocycles. The maximum atomic E-state index is 13.2. The molecule has 5 aromatic rings. The van der Waals surface area contributed by atoms with Crippen LogP contribution in [0.3, 0.4) is 0 Å². The van der Waals surface area contributed by atoms with Crippen molar-refractivity contribution in [3.63, 3.8) is 0 Å².